The molecular formula is C21H30N4O7S. The molecular weight excluding hydrogens is 452 g/mol. The third-order valence-corrected chi connectivity index (χ3v) is 5.27. The molecule has 3 unspecified atom stereocenters. The molecule has 0 saturated heterocycles. The van der Waals surface area contributed by atoms with Crippen molar-refractivity contribution in [3.8, 4) is 0 Å². The lowest BCUT2D eigenvalue weighted by Gasteiger charge is -2.24. The van der Waals surface area contributed by atoms with Crippen molar-refractivity contribution in [1.29, 1.82) is 0 Å². The number of hydrogen-bond donors (Lipinski definition) is 6. The van der Waals surface area contributed by atoms with Gasteiger partial charge in [0.25, 0.3) is 0 Å². The van der Waals surface area contributed by atoms with Crippen LogP contribution in [0.15, 0.2) is 30.3 Å². The van der Waals surface area contributed by atoms with Gasteiger partial charge in [0.05, 0.1) is 6.54 Å². The number of nitrogens with two attached hydrogens (primary N) is 1. The van der Waals surface area contributed by atoms with Gasteiger partial charge in [-0.1, -0.05) is 30.3 Å². The van der Waals surface area contributed by atoms with Gasteiger partial charge in [0, 0.05) is 12.8 Å². The highest BCUT2D eigenvalue weighted by atomic mass is 32.2. The molecule has 1 aromatic carbocycles. The number of rotatable bonds is 15. The summed E-state index contributed by atoms with van der Waals surface area (Å²) in [5.41, 5.74) is 6.08. The Balaban J connectivity index is 3.01. The fourth-order valence-electron chi connectivity index (χ4n) is 2.89. The number of carboxylic acids is 2. The van der Waals surface area contributed by atoms with Crippen molar-refractivity contribution >= 4 is 41.4 Å². The fraction of sp³-hybridized carbons (Fsp3) is 0.476. The summed E-state index contributed by atoms with van der Waals surface area (Å²) in [6.07, 6.45) is 1.37. The summed E-state index contributed by atoms with van der Waals surface area (Å²) in [6, 6.07) is 5.26. The largest absolute Gasteiger partial charge is 0.481 e. The van der Waals surface area contributed by atoms with E-state index < -0.39 is 54.2 Å². The van der Waals surface area contributed by atoms with Crippen LogP contribution in [0.25, 0.3) is 0 Å². The summed E-state index contributed by atoms with van der Waals surface area (Å²) >= 11 is 1.41. The summed E-state index contributed by atoms with van der Waals surface area (Å²) in [5.74, 6) is -4.06. The zero-order valence-electron chi connectivity index (χ0n) is 18.3. The molecule has 0 aliphatic rings. The molecule has 33 heavy (non-hydrogen) atoms. The Labute approximate surface area is 195 Å². The first-order valence-electron chi connectivity index (χ1n) is 10.3. The van der Waals surface area contributed by atoms with Crippen LogP contribution in [-0.2, 0) is 30.4 Å². The maximum Gasteiger partial charge on any atom is 0.326 e. The lowest BCUT2D eigenvalue weighted by Crippen LogP contribution is -2.56. The molecule has 0 aromatic heterocycles. The lowest BCUT2D eigenvalue weighted by molar-refractivity contribution is -0.143. The smallest absolute Gasteiger partial charge is 0.326 e. The summed E-state index contributed by atoms with van der Waals surface area (Å²) < 4.78 is 0. The Morgan fingerprint density at radius 2 is 1.52 bits per heavy atom. The second-order valence-corrected chi connectivity index (χ2v) is 8.17. The molecule has 1 rings (SSSR count). The van der Waals surface area contributed by atoms with E-state index in [0.717, 1.165) is 5.56 Å². The molecule has 12 heteroatoms. The van der Waals surface area contributed by atoms with Crippen molar-refractivity contribution in [3.63, 3.8) is 0 Å². The second kappa shape index (κ2) is 14.9. The van der Waals surface area contributed by atoms with Crippen LogP contribution in [0.3, 0.4) is 0 Å². The van der Waals surface area contributed by atoms with E-state index in [1.54, 1.807) is 36.6 Å². The van der Waals surface area contributed by atoms with E-state index >= 15 is 0 Å². The Bertz CT molecular complexity index is 822. The first-order valence-corrected chi connectivity index (χ1v) is 11.6. The van der Waals surface area contributed by atoms with Crippen molar-refractivity contribution in [2.24, 2.45) is 5.73 Å². The van der Waals surface area contributed by atoms with Gasteiger partial charge < -0.3 is 31.9 Å². The molecule has 3 amide bonds. The average Bonchev–Trinajstić information content (AvgIpc) is 2.78. The van der Waals surface area contributed by atoms with Crippen molar-refractivity contribution in [2.45, 2.75) is 43.8 Å². The first-order chi connectivity index (χ1) is 15.7. The highest BCUT2D eigenvalue weighted by molar-refractivity contribution is 7.98. The molecule has 0 saturated carbocycles. The SMILES string of the molecule is CSCCC(NC(=O)C(CCC(=O)O)NC(=O)C(Cc1ccccc1)NC(=O)CN)C(=O)O. The molecule has 0 heterocycles. The van der Waals surface area contributed by atoms with E-state index in [1.165, 1.54) is 11.8 Å². The Morgan fingerprint density at radius 3 is 2.06 bits per heavy atom. The van der Waals surface area contributed by atoms with Gasteiger partial charge in [-0.3, -0.25) is 19.2 Å². The Kier molecular flexibility index (Phi) is 12.6. The van der Waals surface area contributed by atoms with Gasteiger partial charge in [-0.15, -0.1) is 0 Å². The predicted molar refractivity (Wildman–Crippen MR) is 122 cm³/mol. The van der Waals surface area contributed by atoms with Gasteiger partial charge in [0.2, 0.25) is 17.7 Å². The Morgan fingerprint density at radius 1 is 0.909 bits per heavy atom. The molecule has 0 radical (unpaired) electrons. The minimum Gasteiger partial charge on any atom is -0.481 e. The topological polar surface area (TPSA) is 188 Å². The zero-order valence-corrected chi connectivity index (χ0v) is 19.1. The van der Waals surface area contributed by atoms with Crippen molar-refractivity contribution in [1.82, 2.24) is 16.0 Å². The highest BCUT2D eigenvalue weighted by Crippen LogP contribution is 2.07. The summed E-state index contributed by atoms with van der Waals surface area (Å²) in [5, 5.41) is 25.7. The maximum absolute atomic E-state index is 12.9. The molecule has 0 aliphatic heterocycles. The Hall–Kier alpha value is -3.12. The van der Waals surface area contributed by atoms with Gasteiger partial charge in [0.1, 0.15) is 18.1 Å². The van der Waals surface area contributed by atoms with Crippen LogP contribution in [0.2, 0.25) is 0 Å². The van der Waals surface area contributed by atoms with Crippen LogP contribution < -0.4 is 21.7 Å². The highest BCUT2D eigenvalue weighted by Gasteiger charge is 2.29. The van der Waals surface area contributed by atoms with E-state index in [9.17, 15) is 29.1 Å². The lowest BCUT2D eigenvalue weighted by atomic mass is 10.0. The minimum atomic E-state index is -1.31. The number of hydrogen-bond acceptors (Lipinski definition) is 7. The van der Waals surface area contributed by atoms with Gasteiger partial charge >= 0.3 is 11.9 Å². The average molecular weight is 483 g/mol. The van der Waals surface area contributed by atoms with E-state index in [0.29, 0.717) is 5.75 Å². The molecule has 3 atom stereocenters. The molecule has 7 N–H and O–H groups in total. The number of nitrogens with one attached hydrogen (secondary N) is 3. The molecule has 0 fully saturated rings. The molecule has 0 spiro atoms. The predicted octanol–water partition coefficient (Wildman–Crippen LogP) is -0.655. The summed E-state index contributed by atoms with van der Waals surface area (Å²) in [4.78, 5) is 60.0. The van der Waals surface area contributed by atoms with E-state index in [-0.39, 0.29) is 25.8 Å². The van der Waals surface area contributed by atoms with Crippen molar-refractivity contribution < 1.29 is 34.2 Å². The number of carbonyl (C=O) groups excluding carboxylic acids is 3. The fourth-order valence-corrected chi connectivity index (χ4v) is 3.36. The second-order valence-electron chi connectivity index (χ2n) is 7.19. The molecule has 1 aromatic rings. The number of amides is 3. The standard InChI is InChI=1S/C21H30N4O7S/c1-33-10-9-15(21(31)32)25-19(29)14(7-8-18(27)28)24-20(30)16(23-17(26)12-22)11-13-5-3-2-4-6-13/h2-6,14-16H,7-12,22H2,1H3,(H,23,26)(H,24,30)(H,25,29)(H,27,28)(H,31,32). The molecule has 0 aliphatic carbocycles. The van der Waals surface area contributed by atoms with Gasteiger partial charge in [0.15, 0.2) is 0 Å². The van der Waals surface area contributed by atoms with E-state index in [2.05, 4.69) is 16.0 Å². The monoisotopic (exact) mass is 482 g/mol. The van der Waals surface area contributed by atoms with Crippen LogP contribution in [0.1, 0.15) is 24.8 Å². The summed E-state index contributed by atoms with van der Waals surface area (Å²) in [6.45, 7) is -0.350. The van der Waals surface area contributed by atoms with E-state index in [4.69, 9.17) is 10.8 Å². The summed E-state index contributed by atoms with van der Waals surface area (Å²) in [7, 11) is 0. The van der Waals surface area contributed by atoms with Crippen LogP contribution in [-0.4, -0.2) is 76.6 Å². The number of carboxylic acid groups (broad SMARTS) is 2. The normalized spacial score (nSPS) is 13.3. The first kappa shape index (κ1) is 27.9. The van der Waals surface area contributed by atoms with Gasteiger partial charge in [-0.25, -0.2) is 4.79 Å². The van der Waals surface area contributed by atoms with Crippen LogP contribution in [0.5, 0.6) is 0 Å². The molecule has 182 valence electrons. The van der Waals surface area contributed by atoms with E-state index in [1.807, 2.05) is 0 Å². The van der Waals surface area contributed by atoms with Crippen molar-refractivity contribution in [2.75, 3.05) is 18.6 Å². The minimum absolute atomic E-state index is 0.108. The molecule has 0 bridgehead atoms. The van der Waals surface area contributed by atoms with Crippen LogP contribution in [0, 0.1) is 0 Å². The van der Waals surface area contributed by atoms with Crippen LogP contribution >= 0.6 is 11.8 Å². The number of thioether (sulfide) groups is 1. The zero-order chi connectivity index (χ0) is 24.8. The third kappa shape index (κ3) is 10.8. The van der Waals surface area contributed by atoms with Crippen molar-refractivity contribution in [3.05, 3.63) is 35.9 Å². The number of aliphatic carboxylic acids is 2. The quantitative estimate of drug-likeness (QED) is 0.189. The van der Waals surface area contributed by atoms with Gasteiger partial charge in [-0.05, 0) is 30.4 Å². The number of carbonyl (C=O) groups is 5. The van der Waals surface area contributed by atoms with Crippen LogP contribution in [0.4, 0.5) is 0 Å². The molecule has 11 nitrogen and oxygen atoms in total. The maximum atomic E-state index is 12.9. The van der Waals surface area contributed by atoms with Gasteiger partial charge in [-0.2, -0.15) is 11.8 Å². The third-order valence-electron chi connectivity index (χ3n) is 4.62. The number of benzene rings is 1.